The Bertz CT molecular complexity index is 174. The van der Waals surface area contributed by atoms with Crippen LogP contribution in [0.2, 0.25) is 0 Å². The Kier molecular flexibility index (Phi) is 16.5. The average Bonchev–Trinajstić information content (AvgIpc) is 2.36. The molecule has 0 heterocycles. The second-order valence-corrected chi connectivity index (χ2v) is 6.15. The number of hydrogen-bond acceptors (Lipinski definition) is 2. The van der Waals surface area contributed by atoms with E-state index in [1.807, 2.05) is 13.8 Å². The number of rotatable bonds is 13. The van der Waals surface area contributed by atoms with Crippen LogP contribution in [0.25, 0.3) is 0 Å². The van der Waals surface area contributed by atoms with E-state index in [9.17, 15) is 0 Å². The molecule has 0 radical (unpaired) electrons. The van der Waals surface area contributed by atoms with Crippen LogP contribution in [0.5, 0.6) is 0 Å². The van der Waals surface area contributed by atoms with Crippen LogP contribution < -0.4 is 5.32 Å². The summed E-state index contributed by atoms with van der Waals surface area (Å²) in [5.74, 6) is 0. The van der Waals surface area contributed by atoms with E-state index >= 15 is 0 Å². The van der Waals surface area contributed by atoms with Gasteiger partial charge in [0, 0.05) is 5.54 Å². The molecule has 0 atom stereocenters. The van der Waals surface area contributed by atoms with Gasteiger partial charge in [-0.2, -0.15) is 0 Å². The minimum Gasteiger partial charge on any atom is -0.394 e. The Balaban J connectivity index is 0. The van der Waals surface area contributed by atoms with Gasteiger partial charge in [0.2, 0.25) is 0 Å². The van der Waals surface area contributed by atoms with E-state index in [0.29, 0.717) is 0 Å². The minimum absolute atomic E-state index is 0. The lowest BCUT2D eigenvalue weighted by molar-refractivity contribution is 0.188. The zero-order chi connectivity index (χ0) is 13.7. The smallest absolute Gasteiger partial charge is 0.0607 e. The second kappa shape index (κ2) is 14.6. The summed E-state index contributed by atoms with van der Waals surface area (Å²) in [6.45, 7) is 7.60. The molecule has 0 aliphatic heterocycles. The SMILES string of the molecule is CCCCCCCCCCCCNC(C)(C)CO.Cl. The quantitative estimate of drug-likeness (QED) is 0.483. The van der Waals surface area contributed by atoms with Crippen molar-refractivity contribution in [2.24, 2.45) is 0 Å². The Morgan fingerprint density at radius 3 is 1.63 bits per heavy atom. The lowest BCUT2D eigenvalue weighted by atomic mass is 10.1. The van der Waals surface area contributed by atoms with Crippen molar-refractivity contribution in [1.82, 2.24) is 5.32 Å². The first-order chi connectivity index (χ1) is 8.62. The molecule has 2 N–H and O–H groups in total. The van der Waals surface area contributed by atoms with Gasteiger partial charge in [-0.05, 0) is 26.8 Å². The van der Waals surface area contributed by atoms with Crippen molar-refractivity contribution in [3.8, 4) is 0 Å². The van der Waals surface area contributed by atoms with Crippen LogP contribution in [0.3, 0.4) is 0 Å². The van der Waals surface area contributed by atoms with Gasteiger partial charge in [0.25, 0.3) is 0 Å². The largest absolute Gasteiger partial charge is 0.394 e. The third kappa shape index (κ3) is 16.2. The van der Waals surface area contributed by atoms with E-state index in [-0.39, 0.29) is 24.6 Å². The third-order valence-corrected chi connectivity index (χ3v) is 3.53. The molecule has 0 aliphatic rings. The fourth-order valence-corrected chi connectivity index (χ4v) is 2.10. The van der Waals surface area contributed by atoms with Crippen molar-refractivity contribution < 1.29 is 5.11 Å². The maximum Gasteiger partial charge on any atom is 0.0607 e. The molecular weight excluding hydrogens is 258 g/mol. The molecule has 3 heteroatoms. The molecule has 0 rings (SSSR count). The van der Waals surface area contributed by atoms with Crippen LogP contribution in [-0.2, 0) is 0 Å². The molecule has 0 unspecified atom stereocenters. The van der Waals surface area contributed by atoms with Gasteiger partial charge in [0.1, 0.15) is 0 Å². The van der Waals surface area contributed by atoms with Crippen molar-refractivity contribution >= 4 is 12.4 Å². The van der Waals surface area contributed by atoms with Gasteiger partial charge in [-0.25, -0.2) is 0 Å². The highest BCUT2D eigenvalue weighted by atomic mass is 35.5. The summed E-state index contributed by atoms with van der Waals surface area (Å²) in [5.41, 5.74) is -0.112. The molecule has 0 aromatic carbocycles. The highest BCUT2D eigenvalue weighted by molar-refractivity contribution is 5.85. The molecule has 0 saturated carbocycles. The van der Waals surface area contributed by atoms with Crippen molar-refractivity contribution in [3.05, 3.63) is 0 Å². The van der Waals surface area contributed by atoms with Crippen LogP contribution in [0.1, 0.15) is 85.0 Å². The summed E-state index contributed by atoms with van der Waals surface area (Å²) < 4.78 is 0. The third-order valence-electron chi connectivity index (χ3n) is 3.53. The Hall–Kier alpha value is 0.210. The number of nitrogens with one attached hydrogen (secondary N) is 1. The number of halogens is 1. The molecule has 0 aromatic rings. The molecule has 0 aliphatic carbocycles. The Morgan fingerprint density at radius 2 is 1.21 bits per heavy atom. The Labute approximate surface area is 127 Å². The summed E-state index contributed by atoms with van der Waals surface area (Å²) in [7, 11) is 0. The van der Waals surface area contributed by atoms with Crippen LogP contribution in [-0.4, -0.2) is 23.8 Å². The lowest BCUT2D eigenvalue weighted by Gasteiger charge is -2.23. The fourth-order valence-electron chi connectivity index (χ4n) is 2.10. The Morgan fingerprint density at radius 1 is 0.789 bits per heavy atom. The number of unbranched alkanes of at least 4 members (excludes halogenated alkanes) is 9. The zero-order valence-corrected chi connectivity index (χ0v) is 14.2. The first-order valence-electron chi connectivity index (χ1n) is 7.98. The van der Waals surface area contributed by atoms with Crippen molar-refractivity contribution in [1.29, 1.82) is 0 Å². The molecule has 0 saturated heterocycles. The first kappa shape index (κ1) is 21.5. The zero-order valence-electron chi connectivity index (χ0n) is 13.3. The van der Waals surface area contributed by atoms with Crippen LogP contribution in [0, 0.1) is 0 Å². The van der Waals surface area contributed by atoms with E-state index in [4.69, 9.17) is 5.11 Å². The molecule has 2 nitrogen and oxygen atoms in total. The molecule has 0 amide bonds. The van der Waals surface area contributed by atoms with Gasteiger partial charge in [-0.3, -0.25) is 0 Å². The summed E-state index contributed by atoms with van der Waals surface area (Å²) in [4.78, 5) is 0. The van der Waals surface area contributed by atoms with Gasteiger partial charge >= 0.3 is 0 Å². The molecule has 118 valence electrons. The second-order valence-electron chi connectivity index (χ2n) is 6.15. The molecule has 0 bridgehead atoms. The lowest BCUT2D eigenvalue weighted by Crippen LogP contribution is -2.43. The van der Waals surface area contributed by atoms with Crippen LogP contribution in [0.4, 0.5) is 0 Å². The fraction of sp³-hybridized carbons (Fsp3) is 1.00. The van der Waals surface area contributed by atoms with Gasteiger partial charge in [0.05, 0.1) is 6.61 Å². The molecule has 0 spiro atoms. The van der Waals surface area contributed by atoms with E-state index in [1.54, 1.807) is 0 Å². The van der Waals surface area contributed by atoms with Gasteiger partial charge in [-0.1, -0.05) is 64.7 Å². The van der Waals surface area contributed by atoms with E-state index in [2.05, 4.69) is 12.2 Å². The van der Waals surface area contributed by atoms with Gasteiger partial charge in [-0.15, -0.1) is 12.4 Å². The van der Waals surface area contributed by atoms with E-state index in [0.717, 1.165) is 6.54 Å². The monoisotopic (exact) mass is 293 g/mol. The topological polar surface area (TPSA) is 32.3 Å². The summed E-state index contributed by atoms with van der Waals surface area (Å²) in [6.07, 6.45) is 13.8. The maximum absolute atomic E-state index is 9.09. The number of aliphatic hydroxyl groups is 1. The van der Waals surface area contributed by atoms with E-state index in [1.165, 1.54) is 64.2 Å². The predicted molar refractivity (Wildman–Crippen MR) is 88.3 cm³/mol. The first-order valence-corrected chi connectivity index (χ1v) is 7.98. The minimum atomic E-state index is -0.112. The highest BCUT2D eigenvalue weighted by Crippen LogP contribution is 2.10. The summed E-state index contributed by atoms with van der Waals surface area (Å²) in [5, 5.41) is 12.5. The standard InChI is InChI=1S/C16H35NO.ClH/c1-4-5-6-7-8-9-10-11-12-13-14-17-16(2,3)15-18;/h17-18H,4-15H2,1-3H3;1H. The van der Waals surface area contributed by atoms with Crippen LogP contribution >= 0.6 is 12.4 Å². The van der Waals surface area contributed by atoms with Crippen molar-refractivity contribution in [2.75, 3.05) is 13.2 Å². The van der Waals surface area contributed by atoms with Crippen molar-refractivity contribution in [2.45, 2.75) is 90.5 Å². The maximum atomic E-state index is 9.09. The molecule has 0 aromatic heterocycles. The predicted octanol–water partition coefficient (Wildman–Crippen LogP) is 4.69. The van der Waals surface area contributed by atoms with E-state index < -0.39 is 0 Å². The van der Waals surface area contributed by atoms with Crippen LogP contribution in [0.15, 0.2) is 0 Å². The van der Waals surface area contributed by atoms with Crippen molar-refractivity contribution in [3.63, 3.8) is 0 Å². The number of hydrogen-bond donors (Lipinski definition) is 2. The molecular formula is C16H36ClNO. The molecule has 19 heavy (non-hydrogen) atoms. The summed E-state index contributed by atoms with van der Waals surface area (Å²) >= 11 is 0. The number of aliphatic hydroxyl groups excluding tert-OH is 1. The highest BCUT2D eigenvalue weighted by Gasteiger charge is 2.13. The summed E-state index contributed by atoms with van der Waals surface area (Å²) in [6, 6.07) is 0. The average molecular weight is 294 g/mol. The van der Waals surface area contributed by atoms with Gasteiger partial charge in [0.15, 0.2) is 0 Å². The normalized spacial score (nSPS) is 11.4. The van der Waals surface area contributed by atoms with Gasteiger partial charge < -0.3 is 10.4 Å². The molecule has 0 fully saturated rings.